The van der Waals surface area contributed by atoms with Gasteiger partial charge in [-0.2, -0.15) is 4.31 Å². The number of nitrogens with zero attached hydrogens (tertiary/aromatic N) is 2. The van der Waals surface area contributed by atoms with E-state index in [4.69, 9.17) is 0 Å². The highest BCUT2D eigenvalue weighted by Crippen LogP contribution is 2.11. The topological polar surface area (TPSA) is 57.7 Å². The highest BCUT2D eigenvalue weighted by atomic mass is 32.2. The molecule has 0 radical (unpaired) electrons. The van der Waals surface area contributed by atoms with Gasteiger partial charge in [0.1, 0.15) is 0 Å². The molecule has 0 aliphatic carbocycles. The zero-order valence-corrected chi connectivity index (χ0v) is 14.1. The molecule has 0 spiro atoms. The summed E-state index contributed by atoms with van der Waals surface area (Å²) < 4.78 is 25.1. The number of aryl methyl sites for hydroxylation is 2. The Bertz CT molecular complexity index is 620. The zero-order chi connectivity index (χ0) is 16.2. The molecule has 1 aliphatic rings. The van der Waals surface area contributed by atoms with Crippen LogP contribution in [0.3, 0.4) is 0 Å². The number of piperazine rings is 1. The third kappa shape index (κ3) is 4.30. The first-order chi connectivity index (χ1) is 10.4. The summed E-state index contributed by atoms with van der Waals surface area (Å²) in [4.78, 5) is 14.0. The normalized spacial score (nSPS) is 16.7. The summed E-state index contributed by atoms with van der Waals surface area (Å²) in [5, 5.41) is 0. The van der Waals surface area contributed by atoms with Crippen molar-refractivity contribution in [1.82, 2.24) is 9.21 Å². The Morgan fingerprint density at radius 1 is 1.18 bits per heavy atom. The van der Waals surface area contributed by atoms with E-state index in [1.807, 2.05) is 25.1 Å². The van der Waals surface area contributed by atoms with E-state index in [2.05, 4.69) is 6.07 Å². The van der Waals surface area contributed by atoms with E-state index >= 15 is 0 Å². The van der Waals surface area contributed by atoms with E-state index in [1.54, 1.807) is 11.8 Å². The van der Waals surface area contributed by atoms with E-state index < -0.39 is 10.0 Å². The fourth-order valence-electron chi connectivity index (χ4n) is 2.68. The van der Waals surface area contributed by atoms with Crippen LogP contribution in [0.2, 0.25) is 0 Å². The fraction of sp³-hybridized carbons (Fsp3) is 0.562. The van der Waals surface area contributed by atoms with Crippen LogP contribution in [0.15, 0.2) is 24.3 Å². The molecule has 1 aromatic rings. The summed E-state index contributed by atoms with van der Waals surface area (Å²) in [5.41, 5.74) is 2.36. The molecule has 1 amide bonds. The number of hydrogen-bond acceptors (Lipinski definition) is 3. The lowest BCUT2D eigenvalue weighted by atomic mass is 10.1. The van der Waals surface area contributed by atoms with Gasteiger partial charge >= 0.3 is 0 Å². The van der Waals surface area contributed by atoms with Crippen molar-refractivity contribution in [3.8, 4) is 0 Å². The third-order valence-corrected chi connectivity index (χ3v) is 5.94. The van der Waals surface area contributed by atoms with Crippen LogP contribution in [-0.2, 0) is 21.2 Å². The maximum Gasteiger partial charge on any atom is 0.222 e. The Hall–Kier alpha value is -1.40. The molecule has 0 saturated carbocycles. The van der Waals surface area contributed by atoms with Crippen LogP contribution in [0.4, 0.5) is 0 Å². The molecule has 1 aliphatic heterocycles. The van der Waals surface area contributed by atoms with Gasteiger partial charge < -0.3 is 4.90 Å². The number of rotatable bonds is 5. The predicted molar refractivity (Wildman–Crippen MR) is 87.1 cm³/mol. The van der Waals surface area contributed by atoms with Crippen LogP contribution in [0.1, 0.15) is 24.5 Å². The van der Waals surface area contributed by atoms with Gasteiger partial charge in [0, 0.05) is 32.6 Å². The van der Waals surface area contributed by atoms with E-state index in [-0.39, 0.29) is 11.7 Å². The lowest BCUT2D eigenvalue weighted by molar-refractivity contribution is -0.132. The quantitative estimate of drug-likeness (QED) is 0.823. The summed E-state index contributed by atoms with van der Waals surface area (Å²) in [5.74, 6) is 0.226. The molecular formula is C16H24N2O3S. The first kappa shape index (κ1) is 17.0. The molecule has 0 atom stereocenters. The first-order valence-electron chi connectivity index (χ1n) is 7.73. The van der Waals surface area contributed by atoms with E-state index in [0.29, 0.717) is 32.6 Å². The molecule has 0 N–H and O–H groups in total. The van der Waals surface area contributed by atoms with Crippen LogP contribution in [0.25, 0.3) is 0 Å². The second kappa shape index (κ2) is 7.24. The van der Waals surface area contributed by atoms with Crippen LogP contribution >= 0.6 is 0 Å². The average Bonchev–Trinajstić information content (AvgIpc) is 2.53. The maximum atomic E-state index is 12.2. The van der Waals surface area contributed by atoms with Gasteiger partial charge in [-0.05, 0) is 25.8 Å². The summed E-state index contributed by atoms with van der Waals surface area (Å²) in [7, 11) is -3.14. The molecule has 1 aromatic carbocycles. The lowest BCUT2D eigenvalue weighted by Crippen LogP contribution is -2.50. The predicted octanol–water partition coefficient (Wildman–Crippen LogP) is 1.42. The number of hydrogen-bond donors (Lipinski definition) is 0. The first-order valence-corrected chi connectivity index (χ1v) is 9.34. The number of sulfonamides is 1. The van der Waals surface area contributed by atoms with Crippen molar-refractivity contribution in [3.05, 3.63) is 35.4 Å². The molecule has 5 nitrogen and oxygen atoms in total. The fourth-order valence-corrected chi connectivity index (χ4v) is 3.76. The van der Waals surface area contributed by atoms with Gasteiger partial charge in [0.05, 0.1) is 5.75 Å². The monoisotopic (exact) mass is 324 g/mol. The molecule has 1 saturated heterocycles. The van der Waals surface area contributed by atoms with Crippen LogP contribution < -0.4 is 0 Å². The van der Waals surface area contributed by atoms with Crippen LogP contribution in [0, 0.1) is 6.92 Å². The number of carbonyl (C=O) groups excluding carboxylic acids is 1. The van der Waals surface area contributed by atoms with Gasteiger partial charge in [-0.25, -0.2) is 8.42 Å². The molecular weight excluding hydrogens is 300 g/mol. The second-order valence-corrected chi connectivity index (χ2v) is 7.93. The Balaban J connectivity index is 1.83. The summed E-state index contributed by atoms with van der Waals surface area (Å²) >= 11 is 0. The minimum atomic E-state index is -3.14. The number of carbonyl (C=O) groups is 1. The molecule has 122 valence electrons. The Morgan fingerprint density at radius 2 is 1.86 bits per heavy atom. The SMILES string of the molecule is CCS(=O)(=O)N1CCN(C(=O)CCc2cccc(C)c2)CC1. The van der Waals surface area contributed by atoms with E-state index in [1.165, 1.54) is 15.4 Å². The highest BCUT2D eigenvalue weighted by Gasteiger charge is 2.27. The second-order valence-electron chi connectivity index (χ2n) is 5.67. The zero-order valence-electron chi connectivity index (χ0n) is 13.3. The van der Waals surface area contributed by atoms with Crippen molar-refractivity contribution in [2.75, 3.05) is 31.9 Å². The maximum absolute atomic E-state index is 12.2. The average molecular weight is 324 g/mol. The highest BCUT2D eigenvalue weighted by molar-refractivity contribution is 7.89. The molecule has 0 aromatic heterocycles. The van der Waals surface area contributed by atoms with E-state index in [0.717, 1.165) is 6.42 Å². The number of amides is 1. The van der Waals surface area contributed by atoms with Crippen molar-refractivity contribution in [3.63, 3.8) is 0 Å². The van der Waals surface area contributed by atoms with Crippen molar-refractivity contribution in [2.24, 2.45) is 0 Å². The Kier molecular flexibility index (Phi) is 5.58. The Labute approximate surface area is 133 Å². The molecule has 22 heavy (non-hydrogen) atoms. The van der Waals surface area contributed by atoms with Crippen LogP contribution in [0.5, 0.6) is 0 Å². The van der Waals surface area contributed by atoms with Gasteiger partial charge in [-0.3, -0.25) is 4.79 Å². The van der Waals surface area contributed by atoms with Crippen LogP contribution in [-0.4, -0.2) is 55.5 Å². The minimum absolute atomic E-state index is 0.107. The minimum Gasteiger partial charge on any atom is -0.340 e. The van der Waals surface area contributed by atoms with Crippen molar-refractivity contribution in [1.29, 1.82) is 0 Å². The van der Waals surface area contributed by atoms with Gasteiger partial charge in [0.25, 0.3) is 0 Å². The molecule has 1 fully saturated rings. The van der Waals surface area contributed by atoms with Gasteiger partial charge in [0.15, 0.2) is 0 Å². The largest absolute Gasteiger partial charge is 0.340 e. The summed E-state index contributed by atoms with van der Waals surface area (Å²) in [6.45, 7) is 5.49. The molecule has 0 unspecified atom stereocenters. The van der Waals surface area contributed by atoms with Gasteiger partial charge in [0.2, 0.25) is 15.9 Å². The molecule has 6 heteroatoms. The molecule has 0 bridgehead atoms. The molecule has 1 heterocycles. The smallest absolute Gasteiger partial charge is 0.222 e. The summed E-state index contributed by atoms with van der Waals surface area (Å²) in [6.07, 6.45) is 1.21. The lowest BCUT2D eigenvalue weighted by Gasteiger charge is -2.33. The van der Waals surface area contributed by atoms with Crippen molar-refractivity contribution >= 4 is 15.9 Å². The van der Waals surface area contributed by atoms with Crippen molar-refractivity contribution < 1.29 is 13.2 Å². The van der Waals surface area contributed by atoms with E-state index in [9.17, 15) is 13.2 Å². The van der Waals surface area contributed by atoms with Gasteiger partial charge in [-0.1, -0.05) is 29.8 Å². The molecule has 2 rings (SSSR count). The van der Waals surface area contributed by atoms with Gasteiger partial charge in [-0.15, -0.1) is 0 Å². The standard InChI is InChI=1S/C16H24N2O3S/c1-3-22(20,21)18-11-9-17(10-12-18)16(19)8-7-15-6-4-5-14(2)13-15/h4-6,13H,3,7-12H2,1-2H3. The summed E-state index contributed by atoms with van der Waals surface area (Å²) in [6, 6.07) is 8.17. The third-order valence-electron chi connectivity index (χ3n) is 4.06. The van der Waals surface area contributed by atoms with Crippen molar-refractivity contribution in [2.45, 2.75) is 26.7 Å². The Morgan fingerprint density at radius 3 is 2.45 bits per heavy atom. The number of benzene rings is 1.